The normalized spacial score (nSPS) is 15.6. The van der Waals surface area contributed by atoms with Crippen LogP contribution in [0.1, 0.15) is 40.9 Å². The zero-order valence-corrected chi connectivity index (χ0v) is 15.5. The van der Waals surface area contributed by atoms with Gasteiger partial charge in [-0.25, -0.2) is 0 Å². The maximum absolute atomic E-state index is 12.7. The van der Waals surface area contributed by atoms with Crippen LogP contribution in [0.3, 0.4) is 0 Å². The summed E-state index contributed by atoms with van der Waals surface area (Å²) in [5, 5.41) is 5.40. The van der Waals surface area contributed by atoms with Crippen molar-refractivity contribution in [2.75, 3.05) is 18.9 Å². The first kappa shape index (κ1) is 18.6. The Morgan fingerprint density at radius 2 is 1.89 bits per heavy atom. The molecule has 0 radical (unpaired) electrons. The van der Waals surface area contributed by atoms with Crippen LogP contribution in [0.5, 0.6) is 0 Å². The largest absolute Gasteiger partial charge is 0.355 e. The Morgan fingerprint density at radius 3 is 2.63 bits per heavy atom. The summed E-state index contributed by atoms with van der Waals surface area (Å²) >= 11 is 0. The molecule has 1 aliphatic rings. The molecule has 1 unspecified atom stereocenters. The molecule has 0 aromatic heterocycles. The predicted octanol–water partition coefficient (Wildman–Crippen LogP) is 2.52. The zero-order valence-electron chi connectivity index (χ0n) is 15.5. The van der Waals surface area contributed by atoms with E-state index in [-0.39, 0.29) is 30.2 Å². The van der Waals surface area contributed by atoms with E-state index in [4.69, 9.17) is 0 Å². The minimum atomic E-state index is -0.283. The van der Waals surface area contributed by atoms with Crippen molar-refractivity contribution < 1.29 is 14.4 Å². The third-order valence-corrected chi connectivity index (χ3v) is 4.83. The van der Waals surface area contributed by atoms with E-state index in [1.165, 1.54) is 12.5 Å². The van der Waals surface area contributed by atoms with Crippen LogP contribution in [0.15, 0.2) is 48.5 Å². The van der Waals surface area contributed by atoms with Gasteiger partial charge >= 0.3 is 0 Å². The van der Waals surface area contributed by atoms with Gasteiger partial charge in [0.25, 0.3) is 5.91 Å². The van der Waals surface area contributed by atoms with E-state index in [0.29, 0.717) is 17.8 Å². The van der Waals surface area contributed by atoms with E-state index in [0.717, 1.165) is 12.0 Å². The molecular formula is C21H23N3O3. The number of amides is 3. The molecule has 3 rings (SSSR count). The Kier molecular flexibility index (Phi) is 5.54. The molecule has 1 aliphatic heterocycles. The summed E-state index contributed by atoms with van der Waals surface area (Å²) < 4.78 is 0. The summed E-state index contributed by atoms with van der Waals surface area (Å²) in [6.45, 7) is 2.14. The SMILES string of the molecule is CNC(=O)c1cccc(NC(=O)CC2c3ccccc3CCN2C(C)=O)c1. The molecule has 0 saturated heterocycles. The van der Waals surface area contributed by atoms with Gasteiger partial charge < -0.3 is 15.5 Å². The monoisotopic (exact) mass is 365 g/mol. The Hall–Kier alpha value is -3.15. The average Bonchev–Trinajstić information content (AvgIpc) is 2.67. The van der Waals surface area contributed by atoms with Gasteiger partial charge in [0.05, 0.1) is 12.5 Å². The first-order chi connectivity index (χ1) is 13.0. The van der Waals surface area contributed by atoms with Crippen LogP contribution >= 0.6 is 0 Å². The molecule has 0 bridgehead atoms. The number of hydrogen-bond acceptors (Lipinski definition) is 3. The third kappa shape index (κ3) is 4.16. The summed E-state index contributed by atoms with van der Waals surface area (Å²) in [6.07, 6.45) is 0.961. The number of nitrogens with zero attached hydrogens (tertiary/aromatic N) is 1. The molecule has 0 saturated carbocycles. The minimum Gasteiger partial charge on any atom is -0.355 e. The molecule has 6 nitrogen and oxygen atoms in total. The van der Waals surface area contributed by atoms with E-state index in [9.17, 15) is 14.4 Å². The molecule has 0 spiro atoms. The van der Waals surface area contributed by atoms with E-state index in [2.05, 4.69) is 10.6 Å². The topological polar surface area (TPSA) is 78.5 Å². The van der Waals surface area contributed by atoms with Crippen molar-refractivity contribution in [3.63, 3.8) is 0 Å². The maximum Gasteiger partial charge on any atom is 0.251 e. The molecule has 3 amide bonds. The van der Waals surface area contributed by atoms with E-state index in [1.54, 1.807) is 36.2 Å². The average molecular weight is 365 g/mol. The summed E-state index contributed by atoms with van der Waals surface area (Å²) in [5.74, 6) is -0.448. The van der Waals surface area contributed by atoms with Gasteiger partial charge in [0.1, 0.15) is 0 Å². The molecule has 1 atom stereocenters. The fourth-order valence-electron chi connectivity index (χ4n) is 3.52. The molecule has 140 valence electrons. The Labute approximate surface area is 158 Å². The van der Waals surface area contributed by atoms with Gasteiger partial charge in [0.15, 0.2) is 0 Å². The lowest BCUT2D eigenvalue weighted by molar-refractivity contribution is -0.132. The Balaban J connectivity index is 1.78. The number of rotatable bonds is 4. The number of carbonyl (C=O) groups is 3. The van der Waals surface area contributed by atoms with Crippen molar-refractivity contribution in [3.05, 3.63) is 65.2 Å². The molecule has 1 heterocycles. The first-order valence-electron chi connectivity index (χ1n) is 8.96. The number of nitrogens with one attached hydrogen (secondary N) is 2. The van der Waals surface area contributed by atoms with Crippen LogP contribution in [-0.2, 0) is 16.0 Å². The number of carbonyl (C=O) groups excluding carboxylic acids is 3. The van der Waals surface area contributed by atoms with Crippen LogP contribution in [-0.4, -0.2) is 36.2 Å². The second-order valence-corrected chi connectivity index (χ2v) is 6.59. The lowest BCUT2D eigenvalue weighted by Gasteiger charge is -2.36. The third-order valence-electron chi connectivity index (χ3n) is 4.83. The molecule has 2 N–H and O–H groups in total. The van der Waals surface area contributed by atoms with Gasteiger partial charge in [-0.2, -0.15) is 0 Å². The maximum atomic E-state index is 12.7. The van der Waals surface area contributed by atoms with Crippen molar-refractivity contribution in [2.24, 2.45) is 0 Å². The predicted molar refractivity (Wildman–Crippen MR) is 103 cm³/mol. The lowest BCUT2D eigenvalue weighted by Crippen LogP contribution is -2.40. The first-order valence-corrected chi connectivity index (χ1v) is 8.96. The highest BCUT2D eigenvalue weighted by atomic mass is 16.2. The molecule has 2 aromatic rings. The molecule has 0 fully saturated rings. The smallest absolute Gasteiger partial charge is 0.251 e. The molecule has 2 aromatic carbocycles. The van der Waals surface area contributed by atoms with Crippen molar-refractivity contribution in [1.29, 1.82) is 0 Å². The molecule has 0 aliphatic carbocycles. The fraction of sp³-hybridized carbons (Fsp3) is 0.286. The summed E-state index contributed by atoms with van der Waals surface area (Å²) in [4.78, 5) is 38.2. The van der Waals surface area contributed by atoms with E-state index < -0.39 is 0 Å². The second kappa shape index (κ2) is 8.03. The fourth-order valence-corrected chi connectivity index (χ4v) is 3.52. The Bertz CT molecular complexity index is 878. The number of hydrogen-bond donors (Lipinski definition) is 2. The number of anilines is 1. The van der Waals surface area contributed by atoms with E-state index in [1.807, 2.05) is 24.3 Å². The summed E-state index contributed by atoms with van der Waals surface area (Å²) in [7, 11) is 1.56. The van der Waals surface area contributed by atoms with Gasteiger partial charge in [-0.1, -0.05) is 30.3 Å². The highest BCUT2D eigenvalue weighted by molar-refractivity contribution is 5.97. The van der Waals surface area contributed by atoms with Crippen molar-refractivity contribution >= 4 is 23.4 Å². The molecule has 27 heavy (non-hydrogen) atoms. The standard InChI is InChI=1S/C21H23N3O3/c1-14(25)24-11-10-15-6-3-4-9-18(15)19(24)13-20(26)23-17-8-5-7-16(12-17)21(27)22-2/h3-9,12,19H,10-11,13H2,1-2H3,(H,22,27)(H,23,26). The summed E-state index contributed by atoms with van der Waals surface area (Å²) in [5.41, 5.74) is 3.23. The van der Waals surface area contributed by atoms with Crippen LogP contribution in [0.25, 0.3) is 0 Å². The van der Waals surface area contributed by atoms with E-state index >= 15 is 0 Å². The van der Waals surface area contributed by atoms with Crippen molar-refractivity contribution in [3.8, 4) is 0 Å². The highest BCUT2D eigenvalue weighted by Gasteiger charge is 2.30. The Morgan fingerprint density at radius 1 is 1.11 bits per heavy atom. The van der Waals surface area contributed by atoms with Crippen LogP contribution in [0.4, 0.5) is 5.69 Å². The van der Waals surface area contributed by atoms with Crippen LogP contribution < -0.4 is 10.6 Å². The summed E-state index contributed by atoms with van der Waals surface area (Å²) in [6, 6.07) is 14.4. The quantitative estimate of drug-likeness (QED) is 0.874. The molecular weight excluding hydrogens is 342 g/mol. The second-order valence-electron chi connectivity index (χ2n) is 6.59. The number of fused-ring (bicyclic) bond motifs is 1. The zero-order chi connectivity index (χ0) is 19.4. The van der Waals surface area contributed by atoms with Gasteiger partial charge in [0.2, 0.25) is 11.8 Å². The van der Waals surface area contributed by atoms with Crippen LogP contribution in [0.2, 0.25) is 0 Å². The highest BCUT2D eigenvalue weighted by Crippen LogP contribution is 2.32. The number of benzene rings is 2. The van der Waals surface area contributed by atoms with Gasteiger partial charge in [0, 0.05) is 31.8 Å². The van der Waals surface area contributed by atoms with Gasteiger partial charge in [-0.15, -0.1) is 0 Å². The minimum absolute atomic E-state index is 0.0380. The van der Waals surface area contributed by atoms with Gasteiger partial charge in [-0.05, 0) is 35.7 Å². The van der Waals surface area contributed by atoms with Gasteiger partial charge in [-0.3, -0.25) is 14.4 Å². The van der Waals surface area contributed by atoms with Crippen LogP contribution in [0, 0.1) is 0 Å². The molecule has 6 heteroatoms. The lowest BCUT2D eigenvalue weighted by atomic mass is 9.90. The van der Waals surface area contributed by atoms with Crippen molar-refractivity contribution in [2.45, 2.75) is 25.8 Å². The van der Waals surface area contributed by atoms with Crippen molar-refractivity contribution in [1.82, 2.24) is 10.2 Å².